The Labute approximate surface area is 101 Å². The molecule has 0 fully saturated rings. The molecule has 0 atom stereocenters. The Morgan fingerprint density at radius 1 is 1.31 bits per heavy atom. The van der Waals surface area contributed by atoms with Gasteiger partial charge >= 0.3 is 0 Å². The highest BCUT2D eigenvalue weighted by atomic mass is 35.5. The van der Waals surface area contributed by atoms with Gasteiger partial charge in [0.25, 0.3) is 0 Å². The molecule has 0 heterocycles. The van der Waals surface area contributed by atoms with Crippen molar-refractivity contribution >= 4 is 11.6 Å². The van der Waals surface area contributed by atoms with Gasteiger partial charge < -0.3 is 16.8 Å². The number of aryl methyl sites for hydroxylation is 1. The summed E-state index contributed by atoms with van der Waals surface area (Å²) in [6.45, 7) is 2.75. The Morgan fingerprint density at radius 2 is 2.00 bits per heavy atom. The SMILES string of the molecule is Cc1ccccc1CN/C(N)=C/C=C(\N)Cl. The molecule has 1 aromatic rings. The van der Waals surface area contributed by atoms with E-state index >= 15 is 0 Å². The highest BCUT2D eigenvalue weighted by molar-refractivity contribution is 6.29. The lowest BCUT2D eigenvalue weighted by molar-refractivity contribution is 0.795. The summed E-state index contributed by atoms with van der Waals surface area (Å²) in [4.78, 5) is 0. The van der Waals surface area contributed by atoms with Crippen LogP contribution >= 0.6 is 11.6 Å². The molecular weight excluding hydrogens is 222 g/mol. The van der Waals surface area contributed by atoms with Gasteiger partial charge in [0.05, 0.1) is 11.0 Å². The molecule has 4 heteroatoms. The lowest BCUT2D eigenvalue weighted by Crippen LogP contribution is -2.19. The fourth-order valence-electron chi connectivity index (χ4n) is 1.23. The second kappa shape index (κ2) is 6.08. The molecule has 5 N–H and O–H groups in total. The topological polar surface area (TPSA) is 64.1 Å². The molecule has 0 saturated carbocycles. The maximum Gasteiger partial charge on any atom is 0.0993 e. The molecule has 0 aromatic heterocycles. The summed E-state index contributed by atoms with van der Waals surface area (Å²) in [6.07, 6.45) is 3.18. The van der Waals surface area contributed by atoms with E-state index in [9.17, 15) is 0 Å². The Bertz CT molecular complexity index is 406. The number of nitrogens with two attached hydrogens (primary N) is 2. The van der Waals surface area contributed by atoms with E-state index in [2.05, 4.69) is 24.4 Å². The summed E-state index contributed by atoms with van der Waals surface area (Å²) in [5.41, 5.74) is 13.4. The Balaban J connectivity index is 2.55. The molecule has 0 aliphatic rings. The normalized spacial score (nSPS) is 12.6. The van der Waals surface area contributed by atoms with Crippen LogP contribution in [0.1, 0.15) is 11.1 Å². The third-order valence-electron chi connectivity index (χ3n) is 2.17. The van der Waals surface area contributed by atoms with Crippen molar-refractivity contribution in [3.63, 3.8) is 0 Å². The lowest BCUT2D eigenvalue weighted by atomic mass is 10.1. The van der Waals surface area contributed by atoms with Gasteiger partial charge in [-0.15, -0.1) is 0 Å². The van der Waals surface area contributed by atoms with Crippen LogP contribution in [0.15, 0.2) is 47.4 Å². The summed E-state index contributed by atoms with van der Waals surface area (Å²) in [6, 6.07) is 8.13. The molecule has 1 rings (SSSR count). The first kappa shape index (κ1) is 12.5. The number of hydrogen-bond donors (Lipinski definition) is 3. The minimum atomic E-state index is 0.209. The van der Waals surface area contributed by atoms with Crippen molar-refractivity contribution < 1.29 is 0 Å². The third kappa shape index (κ3) is 4.28. The highest BCUT2D eigenvalue weighted by Gasteiger charge is 1.96. The number of benzene rings is 1. The Hall–Kier alpha value is -1.61. The predicted octanol–water partition coefficient (Wildman–Crippen LogP) is 1.92. The molecule has 86 valence electrons. The predicted molar refractivity (Wildman–Crippen MR) is 68.4 cm³/mol. The van der Waals surface area contributed by atoms with Crippen LogP contribution in [0.3, 0.4) is 0 Å². The fourth-order valence-corrected chi connectivity index (χ4v) is 1.30. The maximum atomic E-state index is 5.71. The van der Waals surface area contributed by atoms with Crippen molar-refractivity contribution in [1.82, 2.24) is 5.32 Å². The zero-order valence-electron chi connectivity index (χ0n) is 9.20. The molecular formula is C12H16ClN3. The maximum absolute atomic E-state index is 5.71. The van der Waals surface area contributed by atoms with Gasteiger partial charge in [0.15, 0.2) is 0 Å². The van der Waals surface area contributed by atoms with E-state index in [0.29, 0.717) is 12.4 Å². The van der Waals surface area contributed by atoms with E-state index in [1.165, 1.54) is 11.1 Å². The van der Waals surface area contributed by atoms with Crippen LogP contribution in [0.2, 0.25) is 0 Å². The molecule has 0 bridgehead atoms. The summed E-state index contributed by atoms with van der Waals surface area (Å²) >= 11 is 5.48. The monoisotopic (exact) mass is 237 g/mol. The number of rotatable bonds is 4. The van der Waals surface area contributed by atoms with Crippen molar-refractivity contribution in [3.05, 3.63) is 58.5 Å². The first-order chi connectivity index (χ1) is 7.59. The standard InChI is InChI=1S/C12H16ClN3/c1-9-4-2-3-5-10(9)8-16-12(15)7-6-11(13)14/h2-7,16H,8,14-15H2,1H3/b11-6-,12-7+. The van der Waals surface area contributed by atoms with Gasteiger partial charge in [0.2, 0.25) is 0 Å². The quantitative estimate of drug-likeness (QED) is 0.554. The number of hydrogen-bond acceptors (Lipinski definition) is 3. The molecule has 0 spiro atoms. The summed E-state index contributed by atoms with van der Waals surface area (Å²) in [5.74, 6) is 0.534. The Kier molecular flexibility index (Phi) is 4.73. The van der Waals surface area contributed by atoms with Crippen LogP contribution in [0.4, 0.5) is 0 Å². The average molecular weight is 238 g/mol. The number of nitrogens with one attached hydrogen (secondary N) is 1. The van der Waals surface area contributed by atoms with Crippen LogP contribution in [0.5, 0.6) is 0 Å². The van der Waals surface area contributed by atoms with Crippen LogP contribution in [-0.2, 0) is 6.54 Å². The minimum Gasteiger partial charge on any atom is -0.389 e. The summed E-state index contributed by atoms with van der Waals surface area (Å²) < 4.78 is 0. The zero-order valence-corrected chi connectivity index (χ0v) is 9.96. The van der Waals surface area contributed by atoms with E-state index < -0.39 is 0 Å². The van der Waals surface area contributed by atoms with E-state index in [-0.39, 0.29) is 5.16 Å². The van der Waals surface area contributed by atoms with Crippen LogP contribution in [-0.4, -0.2) is 0 Å². The zero-order chi connectivity index (χ0) is 12.0. The largest absolute Gasteiger partial charge is 0.389 e. The molecule has 0 saturated heterocycles. The smallest absolute Gasteiger partial charge is 0.0993 e. The molecule has 0 radical (unpaired) electrons. The summed E-state index contributed by atoms with van der Waals surface area (Å²) in [5, 5.41) is 3.28. The molecule has 0 aliphatic carbocycles. The van der Waals surface area contributed by atoms with Gasteiger partial charge in [-0.25, -0.2) is 0 Å². The van der Waals surface area contributed by atoms with Crippen LogP contribution in [0, 0.1) is 6.92 Å². The number of allylic oxidation sites excluding steroid dienone is 2. The molecule has 16 heavy (non-hydrogen) atoms. The molecule has 0 unspecified atom stereocenters. The first-order valence-electron chi connectivity index (χ1n) is 4.96. The van der Waals surface area contributed by atoms with Crippen molar-refractivity contribution in [2.75, 3.05) is 0 Å². The van der Waals surface area contributed by atoms with E-state index in [1.54, 1.807) is 12.2 Å². The first-order valence-corrected chi connectivity index (χ1v) is 5.34. The Morgan fingerprint density at radius 3 is 2.62 bits per heavy atom. The summed E-state index contributed by atoms with van der Waals surface area (Å²) in [7, 11) is 0. The minimum absolute atomic E-state index is 0.209. The number of halogens is 1. The van der Waals surface area contributed by atoms with E-state index in [4.69, 9.17) is 23.1 Å². The molecule has 3 nitrogen and oxygen atoms in total. The van der Waals surface area contributed by atoms with Crippen molar-refractivity contribution in [2.45, 2.75) is 13.5 Å². The highest BCUT2D eigenvalue weighted by Crippen LogP contribution is 2.06. The van der Waals surface area contributed by atoms with E-state index in [1.807, 2.05) is 12.1 Å². The van der Waals surface area contributed by atoms with E-state index in [0.717, 1.165) is 0 Å². The fraction of sp³-hybridized carbons (Fsp3) is 0.167. The van der Waals surface area contributed by atoms with Gasteiger partial charge in [0, 0.05) is 6.54 Å². The van der Waals surface area contributed by atoms with Gasteiger partial charge in [-0.05, 0) is 30.2 Å². The van der Waals surface area contributed by atoms with Gasteiger partial charge in [-0.2, -0.15) is 0 Å². The third-order valence-corrected chi connectivity index (χ3v) is 2.29. The molecule has 1 aromatic carbocycles. The van der Waals surface area contributed by atoms with Gasteiger partial charge in [0.1, 0.15) is 0 Å². The van der Waals surface area contributed by atoms with Gasteiger partial charge in [-0.3, -0.25) is 0 Å². The molecule has 0 amide bonds. The second-order valence-electron chi connectivity index (χ2n) is 3.45. The van der Waals surface area contributed by atoms with Crippen LogP contribution in [0.25, 0.3) is 0 Å². The van der Waals surface area contributed by atoms with Crippen molar-refractivity contribution in [3.8, 4) is 0 Å². The molecule has 0 aliphatic heterocycles. The van der Waals surface area contributed by atoms with Crippen molar-refractivity contribution in [2.24, 2.45) is 11.5 Å². The van der Waals surface area contributed by atoms with Crippen molar-refractivity contribution in [1.29, 1.82) is 0 Å². The average Bonchev–Trinajstić information content (AvgIpc) is 2.25. The second-order valence-corrected chi connectivity index (χ2v) is 3.89. The van der Waals surface area contributed by atoms with Gasteiger partial charge in [-0.1, -0.05) is 35.9 Å². The lowest BCUT2D eigenvalue weighted by Gasteiger charge is -2.08. The van der Waals surface area contributed by atoms with Crippen LogP contribution < -0.4 is 16.8 Å².